The summed E-state index contributed by atoms with van der Waals surface area (Å²) in [6, 6.07) is 14.1. The summed E-state index contributed by atoms with van der Waals surface area (Å²) in [5.74, 6) is -1.59. The van der Waals surface area contributed by atoms with Crippen LogP contribution in [0.5, 0.6) is 0 Å². The Kier molecular flexibility index (Phi) is 6.79. The van der Waals surface area contributed by atoms with E-state index in [0.29, 0.717) is 79.9 Å². The number of nitriles is 2. The van der Waals surface area contributed by atoms with Crippen LogP contribution in [0.4, 0.5) is 0 Å². The standard InChI is InChI=1S/C38H32N4O4/c1-5-9-21(7-3)41-35(43)25-13-11-23-30-20(18-40)16-28-32-26(36(44)42(38(28)46)22(8-4)10-6-2)14-12-24(34(30)32)29-19(17-39)15-27(37(41)45)31(25)33(23)29/h11-16,21-22H,5-10H2,1-4H3/t21-,22-/m1/s1. The molecule has 0 N–H and O–H groups in total. The number of fused-ring (bicyclic) bond motifs is 2. The minimum absolute atomic E-state index is 0.251. The van der Waals surface area contributed by atoms with Crippen molar-refractivity contribution >= 4 is 66.7 Å². The van der Waals surface area contributed by atoms with Gasteiger partial charge in [0.1, 0.15) is 0 Å². The van der Waals surface area contributed by atoms with Crippen LogP contribution in [-0.2, 0) is 0 Å². The molecule has 0 radical (unpaired) electrons. The molecule has 0 bridgehead atoms. The Morgan fingerprint density at radius 3 is 1.24 bits per heavy atom. The van der Waals surface area contributed by atoms with Crippen molar-refractivity contribution in [3.05, 3.63) is 69.8 Å². The molecule has 0 fully saturated rings. The Hall–Kier alpha value is -5.34. The zero-order valence-electron chi connectivity index (χ0n) is 26.3. The highest BCUT2D eigenvalue weighted by molar-refractivity contribution is 6.42. The van der Waals surface area contributed by atoms with Crippen LogP contribution in [0.1, 0.15) is 119 Å². The molecule has 2 aliphatic rings. The van der Waals surface area contributed by atoms with E-state index in [1.54, 1.807) is 36.4 Å². The number of carbonyl (C=O) groups excluding carboxylic acids is 4. The van der Waals surface area contributed by atoms with Gasteiger partial charge in [0.2, 0.25) is 0 Å². The summed E-state index contributed by atoms with van der Waals surface area (Å²) in [5, 5.41) is 25.3. The van der Waals surface area contributed by atoms with E-state index in [1.165, 1.54) is 9.80 Å². The Labute approximate surface area is 266 Å². The zero-order valence-corrected chi connectivity index (χ0v) is 26.3. The number of hydrogen-bond acceptors (Lipinski definition) is 6. The van der Waals surface area contributed by atoms with E-state index in [2.05, 4.69) is 12.1 Å². The fraction of sp³-hybridized carbons (Fsp3) is 0.316. The third-order valence-electron chi connectivity index (χ3n) is 10.1. The Morgan fingerprint density at radius 2 is 0.913 bits per heavy atom. The lowest BCUT2D eigenvalue weighted by atomic mass is 9.79. The van der Waals surface area contributed by atoms with Crippen LogP contribution < -0.4 is 0 Å². The van der Waals surface area contributed by atoms with Gasteiger partial charge in [-0.25, -0.2) is 0 Å². The second kappa shape index (κ2) is 10.6. The monoisotopic (exact) mass is 608 g/mol. The van der Waals surface area contributed by atoms with Crippen molar-refractivity contribution < 1.29 is 19.2 Å². The highest BCUT2D eigenvalue weighted by atomic mass is 16.2. The molecule has 8 nitrogen and oxygen atoms in total. The largest absolute Gasteiger partial charge is 0.271 e. The van der Waals surface area contributed by atoms with Crippen molar-refractivity contribution in [1.29, 1.82) is 10.5 Å². The van der Waals surface area contributed by atoms with Crippen molar-refractivity contribution in [2.45, 2.75) is 78.3 Å². The van der Waals surface area contributed by atoms with E-state index in [-0.39, 0.29) is 46.2 Å². The van der Waals surface area contributed by atoms with Gasteiger partial charge in [-0.05, 0) is 60.7 Å². The molecule has 2 heterocycles. The van der Waals surface area contributed by atoms with Gasteiger partial charge in [-0.1, -0.05) is 52.7 Å². The van der Waals surface area contributed by atoms with Crippen LogP contribution in [0.15, 0.2) is 36.4 Å². The molecule has 5 aromatic carbocycles. The molecular formula is C38H32N4O4. The van der Waals surface area contributed by atoms with Gasteiger partial charge in [0.15, 0.2) is 0 Å². The van der Waals surface area contributed by atoms with Gasteiger partial charge in [-0.15, -0.1) is 0 Å². The zero-order chi connectivity index (χ0) is 32.6. The molecule has 2 atom stereocenters. The number of rotatable bonds is 8. The SMILES string of the molecule is CCC[C@@H](CC)N1C(=O)c2ccc3c4c(C#N)cc5c6c(ccc(c7c(C#N)cc(c2c37)C1=O)c64)C(=O)N([C@H](CC)CCC)C5=O. The number of hydrogen-bond donors (Lipinski definition) is 0. The third kappa shape index (κ3) is 3.64. The molecule has 2 aliphatic heterocycles. The van der Waals surface area contributed by atoms with E-state index >= 15 is 0 Å². The lowest BCUT2D eigenvalue weighted by molar-refractivity contribution is 0.0510. The fourth-order valence-corrected chi connectivity index (χ4v) is 8.04. The molecule has 0 saturated carbocycles. The van der Waals surface area contributed by atoms with Crippen molar-refractivity contribution in [1.82, 2.24) is 9.80 Å². The summed E-state index contributed by atoms with van der Waals surface area (Å²) in [5.41, 5.74) is 1.84. The summed E-state index contributed by atoms with van der Waals surface area (Å²) in [6.45, 7) is 7.94. The predicted molar refractivity (Wildman–Crippen MR) is 176 cm³/mol. The van der Waals surface area contributed by atoms with E-state index in [9.17, 15) is 29.7 Å². The van der Waals surface area contributed by atoms with Crippen LogP contribution in [0, 0.1) is 22.7 Å². The molecule has 228 valence electrons. The minimum Gasteiger partial charge on any atom is -0.271 e. The molecule has 4 amide bonds. The van der Waals surface area contributed by atoms with Gasteiger partial charge >= 0.3 is 0 Å². The molecule has 0 saturated heterocycles. The molecule has 0 unspecified atom stereocenters. The Morgan fingerprint density at radius 1 is 0.543 bits per heavy atom. The highest BCUT2D eigenvalue weighted by Crippen LogP contribution is 2.49. The number of imide groups is 2. The summed E-state index contributed by atoms with van der Waals surface area (Å²) >= 11 is 0. The van der Waals surface area contributed by atoms with E-state index < -0.39 is 11.8 Å². The first-order chi connectivity index (χ1) is 22.3. The molecule has 46 heavy (non-hydrogen) atoms. The van der Waals surface area contributed by atoms with Crippen LogP contribution in [0.2, 0.25) is 0 Å². The molecule has 0 spiro atoms. The van der Waals surface area contributed by atoms with Gasteiger partial charge in [0.05, 0.1) is 34.4 Å². The lowest BCUT2D eigenvalue weighted by Gasteiger charge is -2.35. The normalized spacial score (nSPS) is 15.8. The average Bonchev–Trinajstić information content (AvgIpc) is 3.07. The van der Waals surface area contributed by atoms with E-state index in [1.807, 2.05) is 27.7 Å². The maximum absolute atomic E-state index is 14.1. The summed E-state index contributed by atoms with van der Waals surface area (Å²) < 4.78 is 0. The average molecular weight is 609 g/mol. The number of carbonyl (C=O) groups is 4. The lowest BCUT2D eigenvalue weighted by Crippen LogP contribution is -2.47. The molecule has 0 aromatic heterocycles. The van der Waals surface area contributed by atoms with Crippen molar-refractivity contribution in [2.75, 3.05) is 0 Å². The van der Waals surface area contributed by atoms with Crippen molar-refractivity contribution in [3.63, 3.8) is 0 Å². The molecule has 7 rings (SSSR count). The number of nitrogens with zero attached hydrogens (tertiary/aromatic N) is 4. The predicted octanol–water partition coefficient (Wildman–Crippen LogP) is 7.83. The van der Waals surface area contributed by atoms with Gasteiger partial charge in [-0.3, -0.25) is 29.0 Å². The summed E-state index contributed by atoms with van der Waals surface area (Å²) in [6.07, 6.45) is 4.19. The molecular weight excluding hydrogens is 576 g/mol. The van der Waals surface area contributed by atoms with Crippen LogP contribution >= 0.6 is 0 Å². The second-order valence-electron chi connectivity index (χ2n) is 12.4. The van der Waals surface area contributed by atoms with Gasteiger partial charge in [0, 0.05) is 55.5 Å². The summed E-state index contributed by atoms with van der Waals surface area (Å²) in [4.78, 5) is 58.8. The minimum atomic E-state index is -0.427. The fourth-order valence-electron chi connectivity index (χ4n) is 8.04. The Balaban J connectivity index is 1.63. The van der Waals surface area contributed by atoms with Gasteiger partial charge in [-0.2, -0.15) is 10.5 Å². The first-order valence-corrected chi connectivity index (χ1v) is 16.1. The van der Waals surface area contributed by atoms with Gasteiger partial charge < -0.3 is 0 Å². The van der Waals surface area contributed by atoms with E-state index in [4.69, 9.17) is 0 Å². The molecule has 5 aromatic rings. The van der Waals surface area contributed by atoms with Crippen molar-refractivity contribution in [2.24, 2.45) is 0 Å². The van der Waals surface area contributed by atoms with Gasteiger partial charge in [0.25, 0.3) is 23.6 Å². The Bertz CT molecular complexity index is 2130. The quantitative estimate of drug-likeness (QED) is 0.101. The first-order valence-electron chi connectivity index (χ1n) is 16.1. The van der Waals surface area contributed by atoms with Crippen molar-refractivity contribution in [3.8, 4) is 12.1 Å². The van der Waals surface area contributed by atoms with Crippen LogP contribution in [0.3, 0.4) is 0 Å². The third-order valence-corrected chi connectivity index (χ3v) is 10.1. The maximum Gasteiger partial charge on any atom is 0.261 e. The highest BCUT2D eigenvalue weighted by Gasteiger charge is 2.41. The second-order valence-corrected chi connectivity index (χ2v) is 12.4. The van der Waals surface area contributed by atoms with Crippen LogP contribution in [-0.4, -0.2) is 45.5 Å². The number of amides is 4. The van der Waals surface area contributed by atoms with Crippen LogP contribution in [0.25, 0.3) is 43.1 Å². The molecule has 0 aliphatic carbocycles. The van der Waals surface area contributed by atoms with E-state index in [0.717, 1.165) is 12.8 Å². The maximum atomic E-state index is 14.1. The number of benzene rings is 5. The summed E-state index contributed by atoms with van der Waals surface area (Å²) in [7, 11) is 0. The topological polar surface area (TPSA) is 122 Å². The smallest absolute Gasteiger partial charge is 0.261 e. The first kappa shape index (κ1) is 29.4. The molecule has 8 heteroatoms.